The van der Waals surface area contributed by atoms with Gasteiger partial charge in [0.15, 0.2) is 0 Å². The van der Waals surface area contributed by atoms with Gasteiger partial charge in [0.25, 0.3) is 23.5 Å². The molecule has 1 fully saturated rings. The highest BCUT2D eigenvalue weighted by molar-refractivity contribution is 6.48. The minimum Gasteiger partial charge on any atom is -0.394 e. The number of aromatic nitrogens is 1. The zero-order valence-corrected chi connectivity index (χ0v) is 19.2. The average Bonchev–Trinajstić information content (AvgIpc) is 3.05. The number of benzene rings is 1. The van der Waals surface area contributed by atoms with Gasteiger partial charge in [-0.05, 0) is 37.5 Å². The summed E-state index contributed by atoms with van der Waals surface area (Å²) in [7, 11) is 0. The molecule has 1 aromatic carbocycles. The topological polar surface area (TPSA) is 100 Å². The first kappa shape index (κ1) is 24.6. The van der Waals surface area contributed by atoms with Crippen molar-refractivity contribution >= 4 is 46.5 Å². The van der Waals surface area contributed by atoms with Crippen molar-refractivity contribution in [2.75, 3.05) is 11.9 Å². The summed E-state index contributed by atoms with van der Waals surface area (Å²) >= 11 is 12.2. The SMILES string of the molecule is O=C(NC1(CO)CC(F)(F)C1)C(=O)c1c(Cl)c(C(=O)Nc2ccc(F)c(Cl)c2)c2n1CCCC2. The van der Waals surface area contributed by atoms with Gasteiger partial charge >= 0.3 is 0 Å². The molecule has 1 saturated carbocycles. The van der Waals surface area contributed by atoms with Gasteiger partial charge in [0, 0.05) is 30.8 Å². The second-order valence-electron chi connectivity index (χ2n) is 8.61. The number of aliphatic hydroxyl groups is 1. The molecule has 0 radical (unpaired) electrons. The smallest absolute Gasteiger partial charge is 0.294 e. The molecule has 2 heterocycles. The van der Waals surface area contributed by atoms with Gasteiger partial charge in [-0.2, -0.15) is 0 Å². The minimum atomic E-state index is -3.04. The van der Waals surface area contributed by atoms with Crippen LogP contribution in [-0.2, 0) is 17.8 Å². The lowest BCUT2D eigenvalue weighted by Crippen LogP contribution is -2.65. The molecule has 0 bridgehead atoms. The van der Waals surface area contributed by atoms with E-state index in [2.05, 4.69) is 10.6 Å². The lowest BCUT2D eigenvalue weighted by Gasteiger charge is -2.46. The number of fused-ring (bicyclic) bond motifs is 1. The Kier molecular flexibility index (Phi) is 6.43. The quantitative estimate of drug-likeness (QED) is 0.398. The van der Waals surface area contributed by atoms with E-state index in [0.29, 0.717) is 31.5 Å². The van der Waals surface area contributed by atoms with Crippen molar-refractivity contribution < 1.29 is 32.7 Å². The van der Waals surface area contributed by atoms with Gasteiger partial charge in [0.05, 0.1) is 27.8 Å². The first-order valence-electron chi connectivity index (χ1n) is 10.5. The number of nitrogens with zero attached hydrogens (tertiary/aromatic N) is 1. The van der Waals surface area contributed by atoms with Crippen molar-refractivity contribution in [2.45, 2.75) is 50.1 Å². The minimum absolute atomic E-state index is 0.00925. The number of rotatable bonds is 6. The molecule has 2 amide bonds. The molecule has 34 heavy (non-hydrogen) atoms. The van der Waals surface area contributed by atoms with Crippen molar-refractivity contribution in [2.24, 2.45) is 0 Å². The fourth-order valence-corrected chi connectivity index (χ4v) is 5.07. The van der Waals surface area contributed by atoms with Crippen LogP contribution in [0.3, 0.4) is 0 Å². The first-order valence-corrected chi connectivity index (χ1v) is 11.3. The van der Waals surface area contributed by atoms with E-state index in [9.17, 15) is 32.7 Å². The summed E-state index contributed by atoms with van der Waals surface area (Å²) < 4.78 is 41.6. The molecular weight excluding hydrogens is 498 g/mol. The van der Waals surface area contributed by atoms with Crippen molar-refractivity contribution in [1.82, 2.24) is 9.88 Å². The number of nitrogens with one attached hydrogen (secondary N) is 2. The van der Waals surface area contributed by atoms with E-state index in [-0.39, 0.29) is 27.0 Å². The molecule has 1 aliphatic heterocycles. The number of anilines is 1. The van der Waals surface area contributed by atoms with Crippen LogP contribution in [0.2, 0.25) is 10.0 Å². The molecule has 2 aliphatic rings. The molecule has 3 N–H and O–H groups in total. The molecule has 182 valence electrons. The standard InChI is InChI=1S/C22H20Cl2F3N3O4/c23-12-7-11(4-5-13(12)25)28-19(33)15-14-3-1-2-6-30(14)17(16(15)24)18(32)20(34)29-21(10-31)8-22(26,27)9-21/h4-5,7,31H,1-3,6,8-10H2,(H,28,33)(H,29,34). The number of Topliss-reactive ketones (excluding diaryl/α,β-unsaturated/α-hetero) is 1. The molecule has 1 aromatic heterocycles. The van der Waals surface area contributed by atoms with Crippen LogP contribution >= 0.6 is 23.2 Å². The molecule has 0 atom stereocenters. The van der Waals surface area contributed by atoms with Gasteiger partial charge < -0.3 is 20.3 Å². The molecule has 2 aromatic rings. The largest absolute Gasteiger partial charge is 0.394 e. The summed E-state index contributed by atoms with van der Waals surface area (Å²) in [5.41, 5.74) is -1.18. The van der Waals surface area contributed by atoms with Gasteiger partial charge in [-0.25, -0.2) is 13.2 Å². The van der Waals surface area contributed by atoms with Crippen molar-refractivity contribution in [1.29, 1.82) is 0 Å². The Bertz CT molecular complexity index is 1190. The van der Waals surface area contributed by atoms with Crippen LogP contribution in [0.1, 0.15) is 52.2 Å². The molecule has 7 nitrogen and oxygen atoms in total. The fourth-order valence-electron chi connectivity index (χ4n) is 4.51. The zero-order valence-electron chi connectivity index (χ0n) is 17.7. The lowest BCUT2D eigenvalue weighted by molar-refractivity contribution is -0.154. The van der Waals surface area contributed by atoms with Crippen molar-refractivity contribution in [3.63, 3.8) is 0 Å². The highest BCUT2D eigenvalue weighted by Crippen LogP contribution is 2.45. The summed E-state index contributed by atoms with van der Waals surface area (Å²) in [5, 5.41) is 13.8. The Morgan fingerprint density at radius 1 is 1.15 bits per heavy atom. The van der Waals surface area contributed by atoms with Crippen LogP contribution in [0.4, 0.5) is 18.9 Å². The predicted octanol–water partition coefficient (Wildman–Crippen LogP) is 3.98. The summed E-state index contributed by atoms with van der Waals surface area (Å²) in [5.74, 6) is -6.68. The normalized spacial score (nSPS) is 17.9. The van der Waals surface area contributed by atoms with Gasteiger partial charge in [-0.3, -0.25) is 14.4 Å². The number of carbonyl (C=O) groups is 3. The molecule has 1 aliphatic carbocycles. The molecule has 4 rings (SSSR count). The Balaban J connectivity index is 1.63. The van der Waals surface area contributed by atoms with E-state index in [1.807, 2.05) is 0 Å². The number of hydrogen-bond donors (Lipinski definition) is 3. The molecule has 0 spiro atoms. The van der Waals surface area contributed by atoms with Crippen LogP contribution in [0, 0.1) is 5.82 Å². The van der Waals surface area contributed by atoms with Crippen molar-refractivity contribution in [3.05, 3.63) is 51.0 Å². The lowest BCUT2D eigenvalue weighted by atomic mass is 9.74. The fraction of sp³-hybridized carbons (Fsp3) is 0.409. The number of amides is 2. The number of aliphatic hydroxyl groups excluding tert-OH is 1. The monoisotopic (exact) mass is 517 g/mol. The third-order valence-corrected chi connectivity index (χ3v) is 6.72. The van der Waals surface area contributed by atoms with Crippen molar-refractivity contribution in [3.8, 4) is 0 Å². The first-order chi connectivity index (χ1) is 16.0. The van der Waals surface area contributed by atoms with E-state index in [1.165, 1.54) is 16.7 Å². The molecule has 0 saturated heterocycles. The van der Waals surface area contributed by atoms with Gasteiger partial charge in [-0.15, -0.1) is 0 Å². The van der Waals surface area contributed by atoms with Crippen LogP contribution in [-0.4, -0.2) is 45.3 Å². The van der Waals surface area contributed by atoms with Crippen LogP contribution < -0.4 is 10.6 Å². The Morgan fingerprint density at radius 3 is 2.47 bits per heavy atom. The highest BCUT2D eigenvalue weighted by atomic mass is 35.5. The summed E-state index contributed by atoms with van der Waals surface area (Å²) in [4.78, 5) is 38.7. The van der Waals surface area contributed by atoms with E-state index in [1.54, 1.807) is 0 Å². The third kappa shape index (κ3) is 4.42. The molecule has 0 unspecified atom stereocenters. The summed E-state index contributed by atoms with van der Waals surface area (Å²) in [6, 6.07) is 3.60. The summed E-state index contributed by atoms with van der Waals surface area (Å²) in [6.45, 7) is -0.433. The second-order valence-corrected chi connectivity index (χ2v) is 9.39. The average molecular weight is 518 g/mol. The zero-order chi connectivity index (χ0) is 24.8. The third-order valence-electron chi connectivity index (χ3n) is 6.06. The van der Waals surface area contributed by atoms with E-state index in [4.69, 9.17) is 23.2 Å². The van der Waals surface area contributed by atoms with Crippen LogP contribution in [0.5, 0.6) is 0 Å². The number of halogens is 5. The number of carbonyl (C=O) groups excluding carboxylic acids is 3. The maximum Gasteiger partial charge on any atom is 0.294 e. The van der Waals surface area contributed by atoms with E-state index < -0.39 is 54.3 Å². The predicted molar refractivity (Wildman–Crippen MR) is 118 cm³/mol. The maximum absolute atomic E-state index is 13.4. The van der Waals surface area contributed by atoms with Crippen LogP contribution in [0.25, 0.3) is 0 Å². The number of alkyl halides is 2. The highest BCUT2D eigenvalue weighted by Gasteiger charge is 2.57. The second kappa shape index (κ2) is 8.90. The number of ketones is 1. The van der Waals surface area contributed by atoms with Gasteiger partial charge in [0.1, 0.15) is 11.5 Å². The Labute approximate surface area is 202 Å². The van der Waals surface area contributed by atoms with Gasteiger partial charge in [-0.1, -0.05) is 23.2 Å². The Morgan fingerprint density at radius 2 is 1.85 bits per heavy atom. The summed E-state index contributed by atoms with van der Waals surface area (Å²) in [6.07, 6.45) is 0.216. The number of hydrogen-bond acceptors (Lipinski definition) is 4. The van der Waals surface area contributed by atoms with E-state index >= 15 is 0 Å². The molecular formula is C22H20Cl2F3N3O4. The molecule has 12 heteroatoms. The van der Waals surface area contributed by atoms with Crippen LogP contribution in [0.15, 0.2) is 18.2 Å². The van der Waals surface area contributed by atoms with E-state index in [0.717, 1.165) is 6.07 Å². The van der Waals surface area contributed by atoms with Gasteiger partial charge in [0.2, 0.25) is 0 Å². The Hall–Kier alpha value is -2.56. The maximum atomic E-state index is 13.4.